The van der Waals surface area contributed by atoms with Crippen LogP contribution in [0.5, 0.6) is 0 Å². The number of aliphatic hydroxyl groups is 1. The Labute approximate surface area is 105 Å². The molecule has 2 fully saturated rings. The standard InChI is InChI=1S/C11H18N2O3S/c1-7(14)9-4-3-8-10(16-9)17-11(12-8)13-5-2-6-15-13/h7-10,14H,2-6H2,1H3/t7-,8-,9-,10-/m1/s1. The fourth-order valence-corrected chi connectivity index (χ4v) is 3.60. The third-order valence-corrected chi connectivity index (χ3v) is 4.55. The van der Waals surface area contributed by atoms with E-state index in [0.717, 1.165) is 37.6 Å². The van der Waals surface area contributed by atoms with Crippen LogP contribution >= 0.6 is 11.8 Å². The molecule has 6 heteroatoms. The summed E-state index contributed by atoms with van der Waals surface area (Å²) in [7, 11) is 0. The molecule has 0 aromatic carbocycles. The molecule has 0 amide bonds. The first-order chi connectivity index (χ1) is 8.24. The predicted octanol–water partition coefficient (Wildman–Crippen LogP) is 0.981. The highest BCUT2D eigenvalue weighted by Crippen LogP contribution is 2.38. The number of ether oxygens (including phenoxy) is 1. The van der Waals surface area contributed by atoms with Crippen molar-refractivity contribution in [3.63, 3.8) is 0 Å². The van der Waals surface area contributed by atoms with E-state index in [9.17, 15) is 5.11 Å². The fraction of sp³-hybridized carbons (Fsp3) is 0.909. The fourth-order valence-electron chi connectivity index (χ4n) is 2.39. The van der Waals surface area contributed by atoms with Gasteiger partial charge in [-0.2, -0.15) is 0 Å². The Kier molecular flexibility index (Phi) is 3.30. The van der Waals surface area contributed by atoms with Crippen LogP contribution in [-0.4, -0.2) is 52.2 Å². The summed E-state index contributed by atoms with van der Waals surface area (Å²) >= 11 is 1.63. The quantitative estimate of drug-likeness (QED) is 0.760. The van der Waals surface area contributed by atoms with Gasteiger partial charge in [0.2, 0.25) is 0 Å². The summed E-state index contributed by atoms with van der Waals surface area (Å²) in [4.78, 5) is 10.2. The number of hydrogen-bond acceptors (Lipinski definition) is 6. The van der Waals surface area contributed by atoms with Crippen LogP contribution in [0.2, 0.25) is 0 Å². The van der Waals surface area contributed by atoms with Crippen LogP contribution in [0.25, 0.3) is 0 Å². The van der Waals surface area contributed by atoms with Gasteiger partial charge in [0.05, 0.1) is 31.4 Å². The number of thioether (sulfide) groups is 1. The maximum atomic E-state index is 9.57. The van der Waals surface area contributed by atoms with Crippen LogP contribution < -0.4 is 0 Å². The average molecular weight is 258 g/mol. The highest BCUT2D eigenvalue weighted by Gasteiger charge is 2.40. The van der Waals surface area contributed by atoms with E-state index in [1.54, 1.807) is 18.7 Å². The minimum absolute atomic E-state index is 0.0437. The van der Waals surface area contributed by atoms with Gasteiger partial charge in [0.1, 0.15) is 5.44 Å². The summed E-state index contributed by atoms with van der Waals surface area (Å²) in [5.41, 5.74) is 0.0579. The SMILES string of the molecule is C[C@@H](O)[C@H]1CC[C@H]2N=C(N3CCCO3)S[C@H]2O1. The zero-order valence-electron chi connectivity index (χ0n) is 9.91. The molecule has 0 aliphatic carbocycles. The van der Waals surface area contributed by atoms with Crippen LogP contribution in [0.1, 0.15) is 26.2 Å². The summed E-state index contributed by atoms with van der Waals surface area (Å²) in [6.07, 6.45) is 2.50. The molecule has 3 aliphatic heterocycles. The van der Waals surface area contributed by atoms with Crippen molar-refractivity contribution in [3.05, 3.63) is 0 Å². The lowest BCUT2D eigenvalue weighted by Crippen LogP contribution is -2.39. The minimum atomic E-state index is -0.399. The van der Waals surface area contributed by atoms with Gasteiger partial charge >= 0.3 is 0 Å². The van der Waals surface area contributed by atoms with Gasteiger partial charge in [0, 0.05) is 0 Å². The molecule has 96 valence electrons. The first-order valence-electron chi connectivity index (χ1n) is 6.22. The molecule has 0 spiro atoms. The maximum Gasteiger partial charge on any atom is 0.186 e. The van der Waals surface area contributed by atoms with E-state index in [1.807, 2.05) is 5.06 Å². The van der Waals surface area contributed by atoms with E-state index in [-0.39, 0.29) is 17.6 Å². The van der Waals surface area contributed by atoms with Gasteiger partial charge < -0.3 is 9.84 Å². The lowest BCUT2D eigenvalue weighted by atomic mass is 10.0. The van der Waals surface area contributed by atoms with Gasteiger partial charge in [-0.15, -0.1) is 0 Å². The summed E-state index contributed by atoms with van der Waals surface area (Å²) in [5.74, 6) is 0. The number of rotatable bonds is 1. The molecule has 4 atom stereocenters. The average Bonchev–Trinajstić information content (AvgIpc) is 2.96. The van der Waals surface area contributed by atoms with E-state index in [0.29, 0.717) is 0 Å². The lowest BCUT2D eigenvalue weighted by molar-refractivity contribution is -0.0730. The molecule has 0 aromatic heterocycles. The topological polar surface area (TPSA) is 54.3 Å². The van der Waals surface area contributed by atoms with Crippen LogP contribution in [0.3, 0.4) is 0 Å². The molecule has 3 rings (SSSR count). The Morgan fingerprint density at radius 2 is 2.41 bits per heavy atom. The molecule has 0 unspecified atom stereocenters. The molecule has 0 aromatic rings. The zero-order chi connectivity index (χ0) is 11.8. The normalized spacial score (nSPS) is 39.1. The summed E-state index contributed by atoms with van der Waals surface area (Å²) in [6, 6.07) is 0.231. The number of aliphatic hydroxyl groups excluding tert-OH is 1. The second kappa shape index (κ2) is 4.76. The van der Waals surface area contributed by atoms with Crippen molar-refractivity contribution < 1.29 is 14.7 Å². The number of amidine groups is 1. The van der Waals surface area contributed by atoms with Gasteiger partial charge in [-0.25, -0.2) is 5.06 Å². The van der Waals surface area contributed by atoms with Gasteiger partial charge in [-0.3, -0.25) is 9.83 Å². The van der Waals surface area contributed by atoms with E-state index in [4.69, 9.17) is 9.57 Å². The van der Waals surface area contributed by atoms with E-state index in [1.165, 1.54) is 0 Å². The smallest absolute Gasteiger partial charge is 0.186 e. The van der Waals surface area contributed by atoms with E-state index >= 15 is 0 Å². The maximum absolute atomic E-state index is 9.57. The first kappa shape index (κ1) is 11.8. The summed E-state index contributed by atoms with van der Waals surface area (Å²) < 4.78 is 5.88. The molecule has 3 aliphatic rings. The summed E-state index contributed by atoms with van der Waals surface area (Å²) in [5, 5.41) is 12.4. The third kappa shape index (κ3) is 2.31. The monoisotopic (exact) mass is 258 g/mol. The minimum Gasteiger partial charge on any atom is -0.391 e. The van der Waals surface area contributed by atoms with Crippen molar-refractivity contribution in [2.75, 3.05) is 13.2 Å². The van der Waals surface area contributed by atoms with Crippen molar-refractivity contribution in [1.82, 2.24) is 5.06 Å². The molecule has 0 radical (unpaired) electrons. The second-order valence-corrected chi connectivity index (χ2v) is 5.81. The van der Waals surface area contributed by atoms with Crippen molar-refractivity contribution in [3.8, 4) is 0 Å². The molecular weight excluding hydrogens is 240 g/mol. The van der Waals surface area contributed by atoms with Gasteiger partial charge in [-0.1, -0.05) is 11.8 Å². The van der Waals surface area contributed by atoms with E-state index in [2.05, 4.69) is 4.99 Å². The predicted molar refractivity (Wildman–Crippen MR) is 65.7 cm³/mol. The highest BCUT2D eigenvalue weighted by molar-refractivity contribution is 8.14. The Hall–Kier alpha value is -0.300. The van der Waals surface area contributed by atoms with Crippen LogP contribution in [0.4, 0.5) is 0 Å². The molecular formula is C11H18N2O3S. The molecule has 2 saturated heterocycles. The number of hydroxylamine groups is 2. The molecule has 3 heterocycles. The number of aliphatic imine (C=N–C) groups is 1. The van der Waals surface area contributed by atoms with Crippen molar-refractivity contribution in [1.29, 1.82) is 0 Å². The Balaban J connectivity index is 1.63. The van der Waals surface area contributed by atoms with Crippen LogP contribution in [-0.2, 0) is 9.57 Å². The highest BCUT2D eigenvalue weighted by atomic mass is 32.2. The van der Waals surface area contributed by atoms with Crippen LogP contribution in [0.15, 0.2) is 4.99 Å². The Bertz CT molecular complexity index is 318. The van der Waals surface area contributed by atoms with Crippen molar-refractivity contribution >= 4 is 16.9 Å². The van der Waals surface area contributed by atoms with Gasteiger partial charge in [-0.05, 0) is 26.2 Å². The second-order valence-electron chi connectivity index (χ2n) is 4.75. The number of nitrogens with zero attached hydrogens (tertiary/aromatic N) is 2. The molecule has 17 heavy (non-hydrogen) atoms. The van der Waals surface area contributed by atoms with Gasteiger partial charge in [0.25, 0.3) is 0 Å². The van der Waals surface area contributed by atoms with Gasteiger partial charge in [0.15, 0.2) is 5.17 Å². The number of fused-ring (bicyclic) bond motifs is 1. The number of hydrogen-bond donors (Lipinski definition) is 1. The lowest BCUT2D eigenvalue weighted by Gasteiger charge is -2.32. The summed E-state index contributed by atoms with van der Waals surface area (Å²) in [6.45, 7) is 3.49. The van der Waals surface area contributed by atoms with Crippen molar-refractivity contribution in [2.45, 2.75) is 49.9 Å². The molecule has 5 nitrogen and oxygen atoms in total. The third-order valence-electron chi connectivity index (χ3n) is 3.37. The molecule has 0 bridgehead atoms. The largest absolute Gasteiger partial charge is 0.391 e. The Morgan fingerprint density at radius 3 is 3.12 bits per heavy atom. The zero-order valence-corrected chi connectivity index (χ0v) is 10.7. The van der Waals surface area contributed by atoms with E-state index < -0.39 is 6.10 Å². The molecule has 0 saturated carbocycles. The Morgan fingerprint density at radius 1 is 1.53 bits per heavy atom. The van der Waals surface area contributed by atoms with Crippen LogP contribution in [0, 0.1) is 0 Å². The first-order valence-corrected chi connectivity index (χ1v) is 7.10. The van der Waals surface area contributed by atoms with Crippen molar-refractivity contribution in [2.24, 2.45) is 4.99 Å². The molecule has 1 N–H and O–H groups in total.